The second-order valence-electron chi connectivity index (χ2n) is 8.87. The minimum absolute atomic E-state index is 0.00820. The van der Waals surface area contributed by atoms with Crippen LogP contribution in [0.3, 0.4) is 0 Å². The van der Waals surface area contributed by atoms with Gasteiger partial charge < -0.3 is 24.1 Å². The molecule has 4 atom stereocenters. The van der Waals surface area contributed by atoms with Crippen molar-refractivity contribution in [1.29, 1.82) is 0 Å². The molecule has 2 aromatic carbocycles. The van der Waals surface area contributed by atoms with Crippen LogP contribution in [-0.4, -0.2) is 61.7 Å². The monoisotopic (exact) mass is 482 g/mol. The van der Waals surface area contributed by atoms with Crippen LogP contribution < -0.4 is 5.32 Å². The van der Waals surface area contributed by atoms with E-state index in [1.54, 1.807) is 12.1 Å². The van der Waals surface area contributed by atoms with E-state index in [1.165, 1.54) is 6.08 Å². The molecule has 0 aliphatic carbocycles. The summed E-state index contributed by atoms with van der Waals surface area (Å²) in [5, 5.41) is 12.1. The van der Waals surface area contributed by atoms with Crippen LogP contribution in [0.5, 0.6) is 0 Å². The van der Waals surface area contributed by atoms with Crippen molar-refractivity contribution in [1.82, 2.24) is 4.90 Å². The minimum atomic E-state index is -0.554. The topological polar surface area (TPSA) is 89.5 Å². The lowest BCUT2D eigenvalue weighted by atomic mass is 9.90. The number of nitrogens with one attached hydrogen (secondary N) is 1. The number of anilines is 1. The number of hydrogen-bond acceptors (Lipinski definition) is 7. The Hall–Kier alpha value is -2.75. The molecule has 2 heterocycles. The molecular weight excluding hydrogens is 448 g/mol. The zero-order valence-electron chi connectivity index (χ0n) is 20.1. The van der Waals surface area contributed by atoms with Gasteiger partial charge in [-0.25, -0.2) is 4.79 Å². The Labute approximate surface area is 206 Å². The second kappa shape index (κ2) is 12.3. The minimum Gasteiger partial charge on any atom is -0.445 e. The number of aliphatic hydroxyl groups excluding tert-OH is 1. The van der Waals surface area contributed by atoms with E-state index in [9.17, 15) is 9.90 Å². The lowest BCUT2D eigenvalue weighted by molar-refractivity contribution is -0.277. The van der Waals surface area contributed by atoms with Gasteiger partial charge in [0.1, 0.15) is 6.61 Å². The Balaban J connectivity index is 1.51. The molecular formula is C27H34N2O6. The average molecular weight is 483 g/mol. The van der Waals surface area contributed by atoms with E-state index in [-0.39, 0.29) is 31.3 Å². The Morgan fingerprint density at radius 2 is 1.80 bits per heavy atom. The third-order valence-electron chi connectivity index (χ3n) is 6.43. The Bertz CT molecular complexity index is 959. The van der Waals surface area contributed by atoms with Crippen molar-refractivity contribution in [2.45, 2.75) is 32.0 Å². The summed E-state index contributed by atoms with van der Waals surface area (Å²) in [5.41, 5.74) is 3.40. The fraction of sp³-hybridized carbons (Fsp3) is 0.444. The van der Waals surface area contributed by atoms with E-state index in [0.717, 1.165) is 49.5 Å². The molecule has 35 heavy (non-hydrogen) atoms. The maximum atomic E-state index is 11.8. The fourth-order valence-corrected chi connectivity index (χ4v) is 4.38. The van der Waals surface area contributed by atoms with Gasteiger partial charge in [-0.05, 0) is 23.3 Å². The number of amides is 1. The number of carbonyl (C=O) groups excluding carboxylic acids is 1. The summed E-state index contributed by atoms with van der Waals surface area (Å²) in [6.07, 6.45) is 0.220. The third kappa shape index (κ3) is 6.68. The fourth-order valence-electron chi connectivity index (χ4n) is 4.38. The molecule has 8 nitrogen and oxygen atoms in total. The van der Waals surface area contributed by atoms with Crippen LogP contribution >= 0.6 is 0 Å². The van der Waals surface area contributed by atoms with Crippen molar-refractivity contribution in [2.75, 3.05) is 44.8 Å². The number of aliphatic hydroxyl groups is 1. The van der Waals surface area contributed by atoms with Gasteiger partial charge in [0.2, 0.25) is 0 Å². The van der Waals surface area contributed by atoms with Gasteiger partial charge in [-0.2, -0.15) is 0 Å². The van der Waals surface area contributed by atoms with Crippen LogP contribution in [-0.2, 0) is 25.6 Å². The van der Waals surface area contributed by atoms with E-state index in [4.69, 9.17) is 18.9 Å². The maximum Gasteiger partial charge on any atom is 0.411 e. The van der Waals surface area contributed by atoms with Crippen LogP contribution in [0, 0.1) is 5.92 Å². The molecule has 2 aliphatic rings. The molecule has 2 N–H and O–H groups in total. The molecule has 2 aromatic rings. The van der Waals surface area contributed by atoms with Crippen LogP contribution in [0.15, 0.2) is 61.2 Å². The summed E-state index contributed by atoms with van der Waals surface area (Å²) in [5.74, 6) is 0.120. The van der Waals surface area contributed by atoms with Crippen LogP contribution in [0.4, 0.5) is 10.5 Å². The third-order valence-corrected chi connectivity index (χ3v) is 6.43. The molecule has 4 rings (SSSR count). The highest BCUT2D eigenvalue weighted by molar-refractivity contribution is 5.84. The first-order valence-corrected chi connectivity index (χ1v) is 12.0. The Kier molecular flexibility index (Phi) is 8.90. The molecule has 0 bridgehead atoms. The predicted octanol–water partition coefficient (Wildman–Crippen LogP) is 4.04. The van der Waals surface area contributed by atoms with Gasteiger partial charge in [-0.1, -0.05) is 56.0 Å². The van der Waals surface area contributed by atoms with Gasteiger partial charge >= 0.3 is 6.09 Å². The summed E-state index contributed by atoms with van der Waals surface area (Å²) in [6.45, 7) is 9.89. The number of rotatable bonds is 8. The number of benzene rings is 2. The molecule has 2 aliphatic heterocycles. The van der Waals surface area contributed by atoms with E-state index < -0.39 is 12.4 Å². The molecule has 0 radical (unpaired) electrons. The van der Waals surface area contributed by atoms with E-state index >= 15 is 0 Å². The lowest BCUT2D eigenvalue weighted by Gasteiger charge is -2.43. The highest BCUT2D eigenvalue weighted by Gasteiger charge is 2.39. The molecule has 188 valence electrons. The van der Waals surface area contributed by atoms with Gasteiger partial charge in [0.15, 0.2) is 6.29 Å². The molecule has 0 unspecified atom stereocenters. The molecule has 0 aromatic heterocycles. The normalized spacial score (nSPS) is 25.1. The van der Waals surface area contributed by atoms with Gasteiger partial charge in [-0.15, -0.1) is 0 Å². The van der Waals surface area contributed by atoms with Gasteiger partial charge in [0.25, 0.3) is 0 Å². The second-order valence-corrected chi connectivity index (χ2v) is 8.87. The average Bonchev–Trinajstić information content (AvgIpc) is 2.90. The van der Waals surface area contributed by atoms with Crippen molar-refractivity contribution in [2.24, 2.45) is 5.92 Å². The molecule has 8 heteroatoms. The first-order chi connectivity index (χ1) is 17.1. The van der Waals surface area contributed by atoms with Gasteiger partial charge in [0.05, 0.1) is 32.0 Å². The van der Waals surface area contributed by atoms with Gasteiger partial charge in [-0.3, -0.25) is 10.2 Å². The van der Waals surface area contributed by atoms with Crippen molar-refractivity contribution in [3.05, 3.63) is 77.9 Å². The number of morpholine rings is 1. The maximum absolute atomic E-state index is 11.8. The zero-order valence-corrected chi connectivity index (χ0v) is 20.1. The smallest absolute Gasteiger partial charge is 0.411 e. The van der Waals surface area contributed by atoms with Crippen molar-refractivity contribution in [3.63, 3.8) is 0 Å². The summed E-state index contributed by atoms with van der Waals surface area (Å²) in [4.78, 5) is 14.2. The predicted molar refractivity (Wildman–Crippen MR) is 132 cm³/mol. The summed E-state index contributed by atoms with van der Waals surface area (Å²) >= 11 is 0. The van der Waals surface area contributed by atoms with E-state index in [0.29, 0.717) is 5.69 Å². The number of carbonyl (C=O) groups is 1. The number of ether oxygens (including phenoxy) is 4. The summed E-state index contributed by atoms with van der Waals surface area (Å²) in [6, 6.07) is 15.3. The SMILES string of the molecule is C=CCOC(=O)Nc1ccc([C@@H]2O[C@H](CN3CCOCC3)[C@H](C)[C@H](c3ccc(CO)cc3)O2)cc1. The molecule has 2 fully saturated rings. The van der Waals surface area contributed by atoms with Crippen LogP contribution in [0.1, 0.15) is 36.0 Å². The first kappa shape index (κ1) is 25.3. The Morgan fingerprint density at radius 1 is 1.11 bits per heavy atom. The highest BCUT2D eigenvalue weighted by Crippen LogP contribution is 2.42. The van der Waals surface area contributed by atoms with Crippen molar-refractivity contribution >= 4 is 11.8 Å². The Morgan fingerprint density at radius 3 is 2.46 bits per heavy atom. The number of nitrogens with zero attached hydrogens (tertiary/aromatic N) is 1. The van der Waals surface area contributed by atoms with E-state index in [2.05, 4.69) is 23.7 Å². The standard InChI is InChI=1S/C27H34N2O6/c1-3-14-33-27(31)28-23-10-8-22(9-11-23)26-34-24(17-29-12-15-32-16-13-29)19(2)25(35-26)21-6-4-20(18-30)5-7-21/h3-11,19,24-26,30H,1,12-18H2,2H3,(H,28,31)/t19-,24+,25+,26+/m0/s1. The highest BCUT2D eigenvalue weighted by atomic mass is 16.7. The lowest BCUT2D eigenvalue weighted by Crippen LogP contribution is -2.47. The van der Waals surface area contributed by atoms with E-state index in [1.807, 2.05) is 36.4 Å². The molecule has 0 saturated carbocycles. The molecule has 2 saturated heterocycles. The van der Waals surface area contributed by atoms with Crippen molar-refractivity contribution < 1.29 is 28.8 Å². The quantitative estimate of drug-likeness (QED) is 0.549. The summed E-state index contributed by atoms with van der Waals surface area (Å²) < 4.78 is 23.5. The van der Waals surface area contributed by atoms with Crippen LogP contribution in [0.2, 0.25) is 0 Å². The number of hydrogen-bond donors (Lipinski definition) is 2. The van der Waals surface area contributed by atoms with Crippen molar-refractivity contribution in [3.8, 4) is 0 Å². The largest absolute Gasteiger partial charge is 0.445 e. The zero-order chi connectivity index (χ0) is 24.6. The van der Waals surface area contributed by atoms with Crippen LogP contribution in [0.25, 0.3) is 0 Å². The summed E-state index contributed by atoms with van der Waals surface area (Å²) in [7, 11) is 0. The molecule has 0 spiro atoms. The van der Waals surface area contributed by atoms with Gasteiger partial charge in [0, 0.05) is 36.8 Å². The first-order valence-electron chi connectivity index (χ1n) is 12.0. The molecule has 1 amide bonds.